The lowest BCUT2D eigenvalue weighted by Gasteiger charge is -2.09. The van der Waals surface area contributed by atoms with Crippen LogP contribution in [0.2, 0.25) is 0 Å². The first-order valence-corrected chi connectivity index (χ1v) is 3.45. The molecule has 0 amide bonds. The second kappa shape index (κ2) is 3.53. The van der Waals surface area contributed by atoms with Crippen LogP contribution in [0.4, 0.5) is 13.2 Å². The summed E-state index contributed by atoms with van der Waals surface area (Å²) >= 11 is 0. The molecule has 8 heteroatoms. The Bertz CT molecular complexity index is 472. The molecule has 0 aliphatic heterocycles. The van der Waals surface area contributed by atoms with Gasteiger partial charge in [0.25, 0.3) is 5.56 Å². The van der Waals surface area contributed by atoms with Gasteiger partial charge in [0.15, 0.2) is 11.3 Å². The number of nitrogens with zero attached hydrogens (tertiary/aromatic N) is 1. The Morgan fingerprint density at radius 1 is 1.53 bits per heavy atom. The van der Waals surface area contributed by atoms with Crippen LogP contribution in [0.25, 0.3) is 0 Å². The lowest BCUT2D eigenvalue weighted by molar-refractivity contribution is -0.274. The Morgan fingerprint density at radius 3 is 2.60 bits per heavy atom. The SMILES string of the molecule is N#Cc1c(OC(F)(F)F)cc(=O)[nH]c1O. The second-order valence-electron chi connectivity index (χ2n) is 2.38. The minimum absolute atomic E-state index is 0.422. The summed E-state index contributed by atoms with van der Waals surface area (Å²) in [5.41, 5.74) is -1.79. The van der Waals surface area contributed by atoms with Gasteiger partial charge in [-0.05, 0) is 0 Å². The molecule has 1 aromatic rings. The maximum absolute atomic E-state index is 11.8. The normalized spacial score (nSPS) is 10.8. The number of halogens is 3. The minimum Gasteiger partial charge on any atom is -0.493 e. The molecular weight excluding hydrogens is 217 g/mol. The molecule has 0 saturated heterocycles. The van der Waals surface area contributed by atoms with E-state index in [-0.39, 0.29) is 0 Å². The smallest absolute Gasteiger partial charge is 0.493 e. The highest BCUT2D eigenvalue weighted by Crippen LogP contribution is 2.28. The highest BCUT2D eigenvalue weighted by atomic mass is 19.4. The number of hydrogen-bond donors (Lipinski definition) is 2. The maximum Gasteiger partial charge on any atom is 0.573 e. The van der Waals surface area contributed by atoms with Crippen molar-refractivity contribution in [2.45, 2.75) is 6.36 Å². The molecule has 15 heavy (non-hydrogen) atoms. The van der Waals surface area contributed by atoms with Crippen molar-refractivity contribution in [2.75, 3.05) is 0 Å². The summed E-state index contributed by atoms with van der Waals surface area (Å²) in [7, 11) is 0. The van der Waals surface area contributed by atoms with Crippen LogP contribution in [0.15, 0.2) is 10.9 Å². The van der Waals surface area contributed by atoms with Crippen molar-refractivity contribution >= 4 is 0 Å². The largest absolute Gasteiger partial charge is 0.573 e. The number of rotatable bonds is 1. The predicted molar refractivity (Wildman–Crippen MR) is 40.1 cm³/mol. The number of alkyl halides is 3. The Balaban J connectivity index is 3.29. The highest BCUT2D eigenvalue weighted by Gasteiger charge is 2.33. The zero-order chi connectivity index (χ0) is 11.6. The van der Waals surface area contributed by atoms with Gasteiger partial charge in [-0.3, -0.25) is 9.78 Å². The van der Waals surface area contributed by atoms with E-state index in [1.165, 1.54) is 6.07 Å². The predicted octanol–water partition coefficient (Wildman–Crippen LogP) is 0.851. The highest BCUT2D eigenvalue weighted by molar-refractivity contribution is 5.48. The van der Waals surface area contributed by atoms with Crippen LogP contribution in [-0.2, 0) is 0 Å². The second-order valence-corrected chi connectivity index (χ2v) is 2.38. The zero-order valence-electron chi connectivity index (χ0n) is 6.92. The van der Waals surface area contributed by atoms with Gasteiger partial charge in [0.1, 0.15) is 6.07 Å². The average Bonchev–Trinajstić information content (AvgIpc) is 1.99. The van der Waals surface area contributed by atoms with E-state index in [4.69, 9.17) is 10.4 Å². The van der Waals surface area contributed by atoms with Gasteiger partial charge in [0.2, 0.25) is 5.88 Å². The van der Waals surface area contributed by atoms with Crippen molar-refractivity contribution in [2.24, 2.45) is 0 Å². The quantitative estimate of drug-likeness (QED) is 0.734. The first-order valence-electron chi connectivity index (χ1n) is 3.45. The first kappa shape index (κ1) is 10.9. The molecule has 1 aromatic heterocycles. The summed E-state index contributed by atoms with van der Waals surface area (Å²) < 4.78 is 38.8. The van der Waals surface area contributed by atoms with E-state index in [1.807, 2.05) is 0 Å². The number of aromatic nitrogens is 1. The molecule has 0 fully saturated rings. The van der Waals surface area contributed by atoms with Gasteiger partial charge in [-0.25, -0.2) is 0 Å². The monoisotopic (exact) mass is 220 g/mol. The molecule has 0 unspecified atom stereocenters. The number of hydrogen-bond acceptors (Lipinski definition) is 4. The van der Waals surface area contributed by atoms with Crippen LogP contribution in [0.1, 0.15) is 5.56 Å². The van der Waals surface area contributed by atoms with Gasteiger partial charge in [-0.2, -0.15) is 5.26 Å². The summed E-state index contributed by atoms with van der Waals surface area (Å²) in [6, 6.07) is 1.69. The Morgan fingerprint density at radius 2 is 2.13 bits per heavy atom. The van der Waals surface area contributed by atoms with E-state index in [9.17, 15) is 18.0 Å². The van der Waals surface area contributed by atoms with Gasteiger partial charge in [-0.15, -0.1) is 13.2 Å². The van der Waals surface area contributed by atoms with Crippen LogP contribution >= 0.6 is 0 Å². The fourth-order valence-corrected chi connectivity index (χ4v) is 0.836. The molecule has 0 saturated carbocycles. The van der Waals surface area contributed by atoms with Gasteiger partial charge < -0.3 is 9.84 Å². The lowest BCUT2D eigenvalue weighted by atomic mass is 10.2. The van der Waals surface area contributed by atoms with E-state index >= 15 is 0 Å². The van der Waals surface area contributed by atoms with Crippen molar-refractivity contribution in [1.29, 1.82) is 5.26 Å². The molecule has 0 aliphatic rings. The van der Waals surface area contributed by atoms with Crippen LogP contribution in [0.5, 0.6) is 11.6 Å². The molecule has 80 valence electrons. The van der Waals surface area contributed by atoms with E-state index in [2.05, 4.69) is 4.74 Å². The van der Waals surface area contributed by atoms with E-state index in [1.54, 1.807) is 4.98 Å². The molecule has 5 nitrogen and oxygen atoms in total. The lowest BCUT2D eigenvalue weighted by Crippen LogP contribution is -2.19. The molecule has 0 aromatic carbocycles. The molecule has 2 N–H and O–H groups in total. The van der Waals surface area contributed by atoms with E-state index in [0.717, 1.165) is 0 Å². The van der Waals surface area contributed by atoms with E-state index in [0.29, 0.717) is 6.07 Å². The standard InChI is InChI=1S/C7H3F3N2O3/c8-7(9,10)15-4-1-5(13)12-6(14)3(4)2-11/h1H,(H2,12,13,14). The summed E-state index contributed by atoms with van der Waals surface area (Å²) in [6.45, 7) is 0. The minimum atomic E-state index is -5.04. The molecule has 1 rings (SSSR count). The molecule has 0 radical (unpaired) electrons. The Labute approximate surface area is 80.3 Å². The van der Waals surface area contributed by atoms with Crippen LogP contribution in [0, 0.1) is 11.3 Å². The molecule has 0 bridgehead atoms. The Kier molecular flexibility index (Phi) is 2.57. The summed E-state index contributed by atoms with van der Waals surface area (Å²) in [6.07, 6.45) is -5.04. The maximum atomic E-state index is 11.8. The molecule has 0 aliphatic carbocycles. The van der Waals surface area contributed by atoms with Gasteiger partial charge >= 0.3 is 6.36 Å². The zero-order valence-corrected chi connectivity index (χ0v) is 6.92. The van der Waals surface area contributed by atoms with E-state index < -0.39 is 29.1 Å². The molecule has 1 heterocycles. The number of nitrogens with one attached hydrogen (secondary N) is 1. The molecule has 0 spiro atoms. The fourth-order valence-electron chi connectivity index (χ4n) is 0.836. The molecular formula is C7H3F3N2O3. The third-order valence-electron chi connectivity index (χ3n) is 1.32. The van der Waals surface area contributed by atoms with Crippen LogP contribution < -0.4 is 10.3 Å². The third kappa shape index (κ3) is 2.63. The average molecular weight is 220 g/mol. The van der Waals surface area contributed by atoms with Gasteiger partial charge in [0, 0.05) is 6.07 Å². The summed E-state index contributed by atoms with van der Waals surface area (Å²) in [5, 5.41) is 17.4. The van der Waals surface area contributed by atoms with Crippen molar-refractivity contribution < 1.29 is 23.0 Å². The number of pyridine rings is 1. The summed E-state index contributed by atoms with van der Waals surface area (Å²) in [4.78, 5) is 12.4. The van der Waals surface area contributed by atoms with Crippen molar-refractivity contribution in [1.82, 2.24) is 4.98 Å². The number of aromatic amines is 1. The van der Waals surface area contributed by atoms with Crippen LogP contribution in [-0.4, -0.2) is 16.5 Å². The van der Waals surface area contributed by atoms with Crippen molar-refractivity contribution in [3.8, 4) is 17.7 Å². The Hall–Kier alpha value is -2.17. The first-order chi connectivity index (χ1) is 6.83. The number of nitriles is 1. The topological polar surface area (TPSA) is 86.1 Å². The van der Waals surface area contributed by atoms with Crippen molar-refractivity contribution in [3.63, 3.8) is 0 Å². The number of H-pyrrole nitrogens is 1. The molecule has 0 atom stereocenters. The summed E-state index contributed by atoms with van der Waals surface area (Å²) in [5.74, 6) is -2.00. The number of aromatic hydroxyl groups is 1. The fraction of sp³-hybridized carbons (Fsp3) is 0.143. The third-order valence-corrected chi connectivity index (χ3v) is 1.32. The van der Waals surface area contributed by atoms with Gasteiger partial charge in [-0.1, -0.05) is 0 Å². The van der Waals surface area contributed by atoms with Gasteiger partial charge in [0.05, 0.1) is 0 Å². The number of ether oxygens (including phenoxy) is 1. The van der Waals surface area contributed by atoms with Crippen LogP contribution in [0.3, 0.4) is 0 Å². The van der Waals surface area contributed by atoms with Crippen molar-refractivity contribution in [3.05, 3.63) is 22.0 Å².